The molecule has 0 saturated heterocycles. The number of nitrogens with zero attached hydrogens (tertiary/aromatic N) is 1. The maximum Gasteiger partial charge on any atom is 0.226 e. The molecule has 0 aliphatic rings. The third-order valence-corrected chi connectivity index (χ3v) is 3.07. The number of hydrogen-bond donors (Lipinski definition) is 0. The van der Waals surface area contributed by atoms with Crippen molar-refractivity contribution in [3.05, 3.63) is 39.7 Å². The lowest BCUT2D eigenvalue weighted by Gasteiger charge is -1.98. The fraction of sp³-hybridized carbons (Fsp3) is 0.154. The van der Waals surface area contributed by atoms with Gasteiger partial charge in [-0.15, -0.1) is 12.3 Å². The topological polar surface area (TPSA) is 26.0 Å². The first kappa shape index (κ1) is 12.0. The molecule has 0 saturated carbocycles. The Balaban J connectivity index is 2.43. The lowest BCUT2D eigenvalue weighted by Crippen LogP contribution is -1.84. The summed E-state index contributed by atoms with van der Waals surface area (Å²) in [4.78, 5) is 4.33. The van der Waals surface area contributed by atoms with Crippen LogP contribution < -0.4 is 0 Å². The van der Waals surface area contributed by atoms with E-state index < -0.39 is 0 Å². The number of aryl methyl sites for hydroxylation is 1. The van der Waals surface area contributed by atoms with E-state index in [0.29, 0.717) is 22.4 Å². The van der Waals surface area contributed by atoms with Crippen LogP contribution in [-0.2, 0) is 6.42 Å². The minimum Gasteiger partial charge on any atom is -0.441 e. The lowest BCUT2D eigenvalue weighted by atomic mass is 10.2. The highest BCUT2D eigenvalue weighted by Gasteiger charge is 2.11. The molecule has 1 aromatic carbocycles. The van der Waals surface area contributed by atoms with Crippen molar-refractivity contribution in [2.75, 3.05) is 0 Å². The maximum absolute atomic E-state index is 5.94. The molecule has 0 aliphatic heterocycles. The van der Waals surface area contributed by atoms with Gasteiger partial charge < -0.3 is 4.42 Å². The molecule has 0 bridgehead atoms. The van der Waals surface area contributed by atoms with Crippen LogP contribution in [0.15, 0.2) is 22.6 Å². The Bertz CT molecular complexity index is 596. The van der Waals surface area contributed by atoms with Gasteiger partial charge in [0.15, 0.2) is 0 Å². The van der Waals surface area contributed by atoms with Crippen molar-refractivity contribution in [1.82, 2.24) is 4.98 Å². The Hall–Kier alpha value is -1.43. The van der Waals surface area contributed by atoms with E-state index in [4.69, 9.17) is 34.0 Å². The minimum absolute atomic E-state index is 0.455. The van der Waals surface area contributed by atoms with E-state index >= 15 is 0 Å². The molecule has 0 radical (unpaired) electrons. The zero-order chi connectivity index (χ0) is 12.4. The molecule has 2 nitrogen and oxygen atoms in total. The van der Waals surface area contributed by atoms with E-state index in [9.17, 15) is 0 Å². The first-order valence-electron chi connectivity index (χ1n) is 4.97. The average molecular weight is 266 g/mol. The van der Waals surface area contributed by atoms with Gasteiger partial charge in [0.05, 0.1) is 22.2 Å². The highest BCUT2D eigenvalue weighted by atomic mass is 35.5. The van der Waals surface area contributed by atoms with E-state index in [1.165, 1.54) is 0 Å². The molecular weight excluding hydrogens is 257 g/mol. The monoisotopic (exact) mass is 265 g/mol. The molecule has 0 fully saturated rings. The molecule has 2 aromatic rings. The van der Waals surface area contributed by atoms with Crippen molar-refractivity contribution in [1.29, 1.82) is 0 Å². The van der Waals surface area contributed by atoms with Crippen molar-refractivity contribution >= 4 is 23.2 Å². The van der Waals surface area contributed by atoms with Gasteiger partial charge in [-0.2, -0.15) is 0 Å². The summed E-state index contributed by atoms with van der Waals surface area (Å²) in [5, 5.41) is 0.973. The summed E-state index contributed by atoms with van der Waals surface area (Å²) in [5.41, 5.74) is 1.55. The molecule has 4 heteroatoms. The normalized spacial score (nSPS) is 10.2. The Morgan fingerprint density at radius 1 is 1.35 bits per heavy atom. The summed E-state index contributed by atoms with van der Waals surface area (Å²) in [6.45, 7) is 1.83. The fourth-order valence-corrected chi connectivity index (χ4v) is 1.74. The van der Waals surface area contributed by atoms with Crippen molar-refractivity contribution in [3.63, 3.8) is 0 Å². The molecule has 86 valence electrons. The number of halogens is 2. The quantitative estimate of drug-likeness (QED) is 0.764. The van der Waals surface area contributed by atoms with Crippen molar-refractivity contribution in [2.45, 2.75) is 13.3 Å². The second kappa shape index (κ2) is 4.83. The third-order valence-electron chi connectivity index (χ3n) is 2.33. The second-order valence-corrected chi connectivity index (χ2v) is 4.35. The molecular formula is C13H9Cl2NO. The summed E-state index contributed by atoms with van der Waals surface area (Å²) in [6, 6.07) is 5.23. The molecule has 0 atom stereocenters. The molecule has 2 rings (SSSR count). The van der Waals surface area contributed by atoms with Gasteiger partial charge in [-0.3, -0.25) is 0 Å². The molecule has 0 amide bonds. The van der Waals surface area contributed by atoms with Crippen LogP contribution in [0.2, 0.25) is 10.0 Å². The van der Waals surface area contributed by atoms with Crippen LogP contribution >= 0.6 is 23.2 Å². The van der Waals surface area contributed by atoms with Crippen LogP contribution in [0.1, 0.15) is 11.5 Å². The van der Waals surface area contributed by atoms with Gasteiger partial charge in [0.25, 0.3) is 0 Å². The number of aromatic nitrogens is 1. The van der Waals surface area contributed by atoms with Crippen LogP contribution in [-0.4, -0.2) is 4.98 Å². The van der Waals surface area contributed by atoms with E-state index in [1.54, 1.807) is 18.2 Å². The Kier molecular flexibility index (Phi) is 3.42. The SMILES string of the molecule is C#CCc1nc(-c2ccc(Cl)c(Cl)c2)oc1C. The predicted octanol–water partition coefficient (Wildman–Crippen LogP) is 4.13. The van der Waals surface area contributed by atoms with E-state index in [1.807, 2.05) is 6.92 Å². The maximum atomic E-state index is 5.94. The predicted molar refractivity (Wildman–Crippen MR) is 69.2 cm³/mol. The number of hydrogen-bond acceptors (Lipinski definition) is 2. The number of rotatable bonds is 2. The Morgan fingerprint density at radius 3 is 2.76 bits per heavy atom. The third kappa shape index (κ3) is 2.46. The number of terminal acetylenes is 1. The summed E-state index contributed by atoms with van der Waals surface area (Å²) in [5.74, 6) is 3.77. The summed E-state index contributed by atoms with van der Waals surface area (Å²) >= 11 is 11.8. The van der Waals surface area contributed by atoms with Crippen molar-refractivity contribution in [3.8, 4) is 23.8 Å². The molecule has 1 heterocycles. The highest BCUT2D eigenvalue weighted by molar-refractivity contribution is 6.42. The van der Waals surface area contributed by atoms with Gasteiger partial charge in [-0.1, -0.05) is 23.2 Å². The van der Waals surface area contributed by atoms with Crippen molar-refractivity contribution < 1.29 is 4.42 Å². The van der Waals surface area contributed by atoms with Gasteiger partial charge in [-0.05, 0) is 25.1 Å². The van der Waals surface area contributed by atoms with Gasteiger partial charge >= 0.3 is 0 Å². The first-order valence-corrected chi connectivity index (χ1v) is 5.72. The standard InChI is InChI=1S/C13H9Cl2NO/c1-3-4-12-8(2)17-13(16-12)9-5-6-10(14)11(15)7-9/h1,5-7H,4H2,2H3. The highest BCUT2D eigenvalue weighted by Crippen LogP contribution is 2.29. The number of oxazole rings is 1. The summed E-state index contributed by atoms with van der Waals surface area (Å²) in [6.07, 6.45) is 5.71. The van der Waals surface area contributed by atoms with E-state index in [-0.39, 0.29) is 0 Å². The summed E-state index contributed by atoms with van der Waals surface area (Å²) < 4.78 is 5.54. The Morgan fingerprint density at radius 2 is 2.12 bits per heavy atom. The van der Waals surface area contributed by atoms with Crippen LogP contribution in [0.5, 0.6) is 0 Å². The van der Waals surface area contributed by atoms with Crippen LogP contribution in [0.4, 0.5) is 0 Å². The van der Waals surface area contributed by atoms with Gasteiger partial charge in [-0.25, -0.2) is 4.98 Å². The van der Waals surface area contributed by atoms with E-state index in [0.717, 1.165) is 17.0 Å². The molecule has 0 aliphatic carbocycles. The second-order valence-electron chi connectivity index (χ2n) is 3.53. The van der Waals surface area contributed by atoms with Crippen LogP contribution in [0.3, 0.4) is 0 Å². The Labute approximate surface area is 110 Å². The zero-order valence-corrected chi connectivity index (χ0v) is 10.6. The molecule has 1 aromatic heterocycles. The molecule has 17 heavy (non-hydrogen) atoms. The van der Waals surface area contributed by atoms with Crippen LogP contribution in [0.25, 0.3) is 11.5 Å². The zero-order valence-electron chi connectivity index (χ0n) is 9.13. The fourth-order valence-electron chi connectivity index (χ4n) is 1.44. The first-order chi connectivity index (χ1) is 8.11. The van der Waals surface area contributed by atoms with Crippen molar-refractivity contribution in [2.24, 2.45) is 0 Å². The summed E-state index contributed by atoms with van der Waals surface area (Å²) in [7, 11) is 0. The van der Waals surface area contributed by atoms with Gasteiger partial charge in [0.2, 0.25) is 5.89 Å². The van der Waals surface area contributed by atoms with Crippen LogP contribution in [0, 0.1) is 19.3 Å². The lowest BCUT2D eigenvalue weighted by molar-refractivity contribution is 0.540. The smallest absolute Gasteiger partial charge is 0.226 e. The largest absolute Gasteiger partial charge is 0.441 e. The van der Waals surface area contributed by atoms with E-state index in [2.05, 4.69) is 10.9 Å². The molecule has 0 N–H and O–H groups in total. The number of benzene rings is 1. The van der Waals surface area contributed by atoms with Gasteiger partial charge in [0, 0.05) is 5.56 Å². The minimum atomic E-state index is 0.455. The molecule has 0 spiro atoms. The molecule has 0 unspecified atom stereocenters. The average Bonchev–Trinajstić information content (AvgIpc) is 2.65. The van der Waals surface area contributed by atoms with Gasteiger partial charge in [0.1, 0.15) is 5.76 Å².